The molecule has 1 aromatic carbocycles. The molecule has 0 spiro atoms. The Morgan fingerprint density at radius 2 is 2.03 bits per heavy atom. The molecule has 1 atom stereocenters. The van der Waals surface area contributed by atoms with E-state index in [1.807, 2.05) is 25.3 Å². The molecule has 2 aliphatic rings. The Morgan fingerprint density at radius 1 is 1.28 bits per heavy atom. The first-order valence-electron chi connectivity index (χ1n) is 11.4. The number of aliphatic hydroxyl groups is 1. The second-order valence-corrected chi connectivity index (χ2v) is 9.59. The van der Waals surface area contributed by atoms with Gasteiger partial charge in [-0.1, -0.05) is 0 Å². The second-order valence-electron chi connectivity index (χ2n) is 9.59. The van der Waals surface area contributed by atoms with Crippen LogP contribution in [-0.4, -0.2) is 57.6 Å². The van der Waals surface area contributed by atoms with Gasteiger partial charge >= 0.3 is 6.09 Å². The highest BCUT2D eigenvalue weighted by atomic mass is 16.5. The van der Waals surface area contributed by atoms with Crippen molar-refractivity contribution >= 4 is 11.8 Å². The molecule has 0 unspecified atom stereocenters. The lowest BCUT2D eigenvalue weighted by Gasteiger charge is -2.35. The first-order valence-corrected chi connectivity index (χ1v) is 11.4. The number of nitrogens with zero attached hydrogens (tertiary/aromatic N) is 3. The molecule has 174 valence electrons. The van der Waals surface area contributed by atoms with Crippen LogP contribution < -0.4 is 9.64 Å². The Kier molecular flexibility index (Phi) is 6.44. The van der Waals surface area contributed by atoms with Gasteiger partial charge in [-0.25, -0.2) is 4.79 Å². The van der Waals surface area contributed by atoms with Crippen LogP contribution in [0.25, 0.3) is 11.1 Å². The summed E-state index contributed by atoms with van der Waals surface area (Å²) in [7, 11) is 0. The molecule has 1 fully saturated rings. The summed E-state index contributed by atoms with van der Waals surface area (Å²) in [5, 5.41) is 24.4. The molecular formula is C24H33N3O5. The predicted octanol–water partition coefficient (Wildman–Crippen LogP) is 3.95. The minimum Gasteiger partial charge on any atom is -0.492 e. The van der Waals surface area contributed by atoms with E-state index >= 15 is 0 Å². The van der Waals surface area contributed by atoms with E-state index in [1.54, 1.807) is 24.7 Å². The number of ether oxygens (including phenoxy) is 2. The number of rotatable bonds is 6. The summed E-state index contributed by atoms with van der Waals surface area (Å²) >= 11 is 0. The SMILES string of the molecule is C[C@H]1CCc2c(ccc(-c3cnn(CC(C)(C)O)c3)c2OCC2CCOCC2)N1C(=O)O. The van der Waals surface area contributed by atoms with E-state index in [4.69, 9.17) is 9.47 Å². The molecular weight excluding hydrogens is 410 g/mol. The monoisotopic (exact) mass is 443 g/mol. The average Bonchev–Trinajstić information content (AvgIpc) is 3.18. The summed E-state index contributed by atoms with van der Waals surface area (Å²) in [6.45, 7) is 7.89. The van der Waals surface area contributed by atoms with E-state index in [-0.39, 0.29) is 6.04 Å². The van der Waals surface area contributed by atoms with Crippen molar-refractivity contribution in [2.45, 2.75) is 64.6 Å². The molecule has 0 radical (unpaired) electrons. The van der Waals surface area contributed by atoms with Gasteiger partial charge in [-0.15, -0.1) is 0 Å². The number of fused-ring (bicyclic) bond motifs is 1. The smallest absolute Gasteiger partial charge is 0.412 e. The van der Waals surface area contributed by atoms with Gasteiger partial charge in [-0.3, -0.25) is 9.58 Å². The van der Waals surface area contributed by atoms with Gasteiger partial charge < -0.3 is 19.7 Å². The highest BCUT2D eigenvalue weighted by Crippen LogP contribution is 2.43. The lowest BCUT2D eigenvalue weighted by atomic mass is 9.92. The molecule has 32 heavy (non-hydrogen) atoms. The number of hydrogen-bond acceptors (Lipinski definition) is 5. The highest BCUT2D eigenvalue weighted by Gasteiger charge is 2.32. The van der Waals surface area contributed by atoms with Crippen molar-refractivity contribution in [1.82, 2.24) is 9.78 Å². The van der Waals surface area contributed by atoms with Crippen LogP contribution in [0.4, 0.5) is 10.5 Å². The fourth-order valence-corrected chi connectivity index (χ4v) is 4.59. The van der Waals surface area contributed by atoms with Gasteiger partial charge in [0, 0.05) is 42.1 Å². The van der Waals surface area contributed by atoms with Crippen molar-refractivity contribution in [2.24, 2.45) is 5.92 Å². The summed E-state index contributed by atoms with van der Waals surface area (Å²) < 4.78 is 13.6. The van der Waals surface area contributed by atoms with Gasteiger partial charge in [0.25, 0.3) is 0 Å². The maximum atomic E-state index is 12.0. The number of anilines is 1. The molecule has 2 N–H and O–H groups in total. The zero-order chi connectivity index (χ0) is 22.9. The van der Waals surface area contributed by atoms with Crippen LogP contribution in [0.2, 0.25) is 0 Å². The Morgan fingerprint density at radius 3 is 2.72 bits per heavy atom. The summed E-state index contributed by atoms with van der Waals surface area (Å²) in [4.78, 5) is 13.4. The quantitative estimate of drug-likeness (QED) is 0.702. The van der Waals surface area contributed by atoms with Crippen molar-refractivity contribution in [3.63, 3.8) is 0 Å². The minimum atomic E-state index is -0.945. The van der Waals surface area contributed by atoms with E-state index in [9.17, 15) is 15.0 Å². The third-order valence-corrected chi connectivity index (χ3v) is 6.25. The molecule has 8 heteroatoms. The normalized spacial score (nSPS) is 19.6. The zero-order valence-electron chi connectivity index (χ0n) is 19.1. The van der Waals surface area contributed by atoms with Crippen LogP contribution in [0.3, 0.4) is 0 Å². The molecule has 1 saturated heterocycles. The topological polar surface area (TPSA) is 97.1 Å². The van der Waals surface area contributed by atoms with Crippen molar-refractivity contribution in [2.75, 3.05) is 24.7 Å². The lowest BCUT2D eigenvalue weighted by molar-refractivity contribution is 0.0497. The van der Waals surface area contributed by atoms with Gasteiger partial charge in [0.05, 0.1) is 30.6 Å². The maximum absolute atomic E-state index is 12.0. The Labute approximate surface area is 188 Å². The maximum Gasteiger partial charge on any atom is 0.412 e. The molecule has 3 heterocycles. The van der Waals surface area contributed by atoms with Crippen molar-refractivity contribution in [1.29, 1.82) is 0 Å². The summed E-state index contributed by atoms with van der Waals surface area (Å²) in [5.74, 6) is 1.17. The molecule has 1 aromatic heterocycles. The predicted molar refractivity (Wildman–Crippen MR) is 121 cm³/mol. The average molecular weight is 444 g/mol. The van der Waals surface area contributed by atoms with Crippen molar-refractivity contribution < 1.29 is 24.5 Å². The number of carboxylic acid groups (broad SMARTS) is 1. The van der Waals surface area contributed by atoms with Crippen molar-refractivity contribution in [3.05, 3.63) is 30.1 Å². The van der Waals surface area contributed by atoms with E-state index in [1.165, 1.54) is 4.90 Å². The molecule has 0 bridgehead atoms. The molecule has 0 saturated carbocycles. The van der Waals surface area contributed by atoms with E-state index in [0.29, 0.717) is 24.8 Å². The number of amides is 1. The lowest BCUT2D eigenvalue weighted by Crippen LogP contribution is -2.41. The van der Waals surface area contributed by atoms with Gasteiger partial charge in [0.15, 0.2) is 0 Å². The van der Waals surface area contributed by atoms with E-state index in [0.717, 1.165) is 61.3 Å². The van der Waals surface area contributed by atoms with Gasteiger partial charge in [0.2, 0.25) is 0 Å². The third kappa shape index (κ3) is 4.91. The summed E-state index contributed by atoms with van der Waals surface area (Å²) in [6.07, 6.45) is 6.16. The van der Waals surface area contributed by atoms with Crippen LogP contribution in [0, 0.1) is 5.92 Å². The number of hydrogen-bond donors (Lipinski definition) is 2. The zero-order valence-corrected chi connectivity index (χ0v) is 19.1. The van der Waals surface area contributed by atoms with E-state index in [2.05, 4.69) is 5.10 Å². The fourth-order valence-electron chi connectivity index (χ4n) is 4.59. The van der Waals surface area contributed by atoms with Crippen LogP contribution in [0.15, 0.2) is 24.5 Å². The van der Waals surface area contributed by atoms with Gasteiger partial charge in [-0.2, -0.15) is 5.10 Å². The molecule has 2 aromatic rings. The molecule has 8 nitrogen and oxygen atoms in total. The van der Waals surface area contributed by atoms with Gasteiger partial charge in [-0.05, 0) is 64.5 Å². The van der Waals surface area contributed by atoms with Crippen molar-refractivity contribution in [3.8, 4) is 16.9 Å². The Balaban J connectivity index is 1.71. The minimum absolute atomic E-state index is 0.0799. The van der Waals surface area contributed by atoms with Crippen LogP contribution >= 0.6 is 0 Å². The molecule has 4 rings (SSSR count). The number of carbonyl (C=O) groups is 1. The van der Waals surface area contributed by atoms with Crippen LogP contribution in [0.1, 0.15) is 45.6 Å². The Bertz CT molecular complexity index is 959. The number of benzene rings is 1. The van der Waals surface area contributed by atoms with Crippen LogP contribution in [-0.2, 0) is 17.7 Å². The first kappa shape index (κ1) is 22.6. The van der Waals surface area contributed by atoms with Crippen LogP contribution in [0.5, 0.6) is 5.75 Å². The number of aromatic nitrogens is 2. The third-order valence-electron chi connectivity index (χ3n) is 6.25. The summed E-state index contributed by atoms with van der Waals surface area (Å²) in [5.41, 5.74) is 2.55. The first-order chi connectivity index (χ1) is 15.2. The molecule has 1 amide bonds. The fraction of sp³-hybridized carbons (Fsp3) is 0.583. The molecule has 2 aliphatic heterocycles. The van der Waals surface area contributed by atoms with Gasteiger partial charge in [0.1, 0.15) is 5.75 Å². The largest absolute Gasteiger partial charge is 0.492 e. The summed E-state index contributed by atoms with van der Waals surface area (Å²) in [6, 6.07) is 3.73. The van der Waals surface area contributed by atoms with E-state index < -0.39 is 11.7 Å². The second kappa shape index (κ2) is 9.11. The highest BCUT2D eigenvalue weighted by molar-refractivity contribution is 5.91. The Hall–Kier alpha value is -2.58. The standard InChI is InChI=1S/C24H33N3O5/c1-16-4-5-20-21(27(16)23(28)29)7-6-19(18-12-25-26(13-18)15-24(2,3)30)22(20)32-14-17-8-10-31-11-9-17/h6-7,12-13,16-17,30H,4-5,8-11,14-15H2,1-3H3,(H,28,29)/t16-/m0/s1. The molecule has 0 aliphatic carbocycles.